The van der Waals surface area contributed by atoms with Gasteiger partial charge in [0.25, 0.3) is 0 Å². The molecule has 4 aromatic carbocycles. The predicted molar refractivity (Wildman–Crippen MR) is 100 cm³/mol. The molecule has 0 aromatic heterocycles. The van der Waals surface area contributed by atoms with Gasteiger partial charge in [0.05, 0.1) is 0 Å². The zero-order valence-electron chi connectivity index (χ0n) is 12.0. The Balaban J connectivity index is 1.78. The van der Waals surface area contributed by atoms with E-state index < -0.39 is 8.11 Å². The van der Waals surface area contributed by atoms with Crippen molar-refractivity contribution in [3.05, 3.63) is 84.9 Å². The molecule has 0 amide bonds. The van der Waals surface area contributed by atoms with Gasteiger partial charge in [-0.1, -0.05) is 84.9 Å². The lowest BCUT2D eigenvalue weighted by atomic mass is 10.1. The van der Waals surface area contributed by atoms with E-state index in [1.165, 1.54) is 31.9 Å². The summed E-state index contributed by atoms with van der Waals surface area (Å²) in [4.78, 5) is 0. The van der Waals surface area contributed by atoms with Crippen LogP contribution in [0.4, 0.5) is 0 Å². The molecular weight excluding hydrogens is 304 g/mol. The van der Waals surface area contributed by atoms with E-state index in [0.29, 0.717) is 0 Å². The molecule has 0 aliphatic heterocycles. The molecule has 4 rings (SSSR count). The van der Waals surface area contributed by atoms with E-state index in [4.69, 9.17) is 11.1 Å². The molecule has 0 saturated heterocycles. The molecule has 0 bridgehead atoms. The standard InChI is InChI=1S/C20H15ClSi/c21-22(19-11-9-15-5-1-3-7-17(15)13-19)20-12-10-16-6-2-4-8-18(16)14-20/h1-14,22H. The van der Waals surface area contributed by atoms with Crippen LogP contribution in [0.2, 0.25) is 0 Å². The van der Waals surface area contributed by atoms with Gasteiger partial charge < -0.3 is 0 Å². The van der Waals surface area contributed by atoms with Gasteiger partial charge in [0, 0.05) is 0 Å². The molecule has 4 aromatic rings. The number of halogens is 1. The van der Waals surface area contributed by atoms with Crippen LogP contribution in [-0.4, -0.2) is 8.11 Å². The third-order valence-electron chi connectivity index (χ3n) is 4.13. The highest BCUT2D eigenvalue weighted by Crippen LogP contribution is 2.14. The van der Waals surface area contributed by atoms with Crippen molar-refractivity contribution in [1.29, 1.82) is 0 Å². The summed E-state index contributed by atoms with van der Waals surface area (Å²) < 4.78 is 0. The second kappa shape index (κ2) is 5.60. The number of hydrogen-bond donors (Lipinski definition) is 0. The third kappa shape index (κ3) is 2.43. The maximum Gasteiger partial charge on any atom is 0.202 e. The van der Waals surface area contributed by atoms with Crippen molar-refractivity contribution in [1.82, 2.24) is 0 Å². The van der Waals surface area contributed by atoms with Crippen LogP contribution in [0.25, 0.3) is 21.5 Å². The van der Waals surface area contributed by atoms with Gasteiger partial charge in [-0.05, 0) is 31.9 Å². The second-order valence-corrected chi connectivity index (χ2v) is 8.94. The summed E-state index contributed by atoms with van der Waals surface area (Å²) in [6.45, 7) is 0. The summed E-state index contributed by atoms with van der Waals surface area (Å²) in [5.41, 5.74) is 0. The maximum atomic E-state index is 6.87. The predicted octanol–water partition coefficient (Wildman–Crippen LogP) is 4.07. The zero-order valence-corrected chi connectivity index (χ0v) is 13.9. The van der Waals surface area contributed by atoms with Crippen LogP contribution >= 0.6 is 11.1 Å². The van der Waals surface area contributed by atoms with Gasteiger partial charge in [-0.3, -0.25) is 0 Å². The molecule has 0 saturated carbocycles. The molecule has 2 heteroatoms. The molecule has 22 heavy (non-hydrogen) atoms. The average molecular weight is 319 g/mol. The van der Waals surface area contributed by atoms with Gasteiger partial charge >= 0.3 is 0 Å². The Labute approximate surface area is 136 Å². The minimum atomic E-state index is -1.66. The molecule has 106 valence electrons. The average Bonchev–Trinajstić information content (AvgIpc) is 2.60. The lowest BCUT2D eigenvalue weighted by molar-refractivity contribution is 1.77. The fourth-order valence-corrected chi connectivity index (χ4v) is 5.30. The Hall–Kier alpha value is -2.09. The van der Waals surface area contributed by atoms with E-state index in [1.54, 1.807) is 0 Å². The van der Waals surface area contributed by atoms with E-state index in [1.807, 2.05) is 0 Å². The van der Waals surface area contributed by atoms with Crippen LogP contribution < -0.4 is 10.4 Å². The topological polar surface area (TPSA) is 0 Å². The molecule has 0 spiro atoms. The maximum absolute atomic E-state index is 6.87. The molecule has 0 fully saturated rings. The molecule has 0 atom stereocenters. The first-order valence-corrected chi connectivity index (χ1v) is 10.3. The SMILES string of the molecule is Cl[SiH](c1ccc2ccccc2c1)c1ccc2ccccc2c1. The van der Waals surface area contributed by atoms with Crippen LogP contribution in [-0.2, 0) is 0 Å². The van der Waals surface area contributed by atoms with Crippen LogP contribution in [0.3, 0.4) is 0 Å². The van der Waals surface area contributed by atoms with E-state index in [0.717, 1.165) is 0 Å². The fraction of sp³-hybridized carbons (Fsp3) is 0. The van der Waals surface area contributed by atoms with E-state index >= 15 is 0 Å². The number of hydrogen-bond acceptors (Lipinski definition) is 0. The quantitative estimate of drug-likeness (QED) is 0.386. The van der Waals surface area contributed by atoms with Gasteiger partial charge in [-0.15, -0.1) is 0 Å². The summed E-state index contributed by atoms with van der Waals surface area (Å²) in [7, 11) is -1.66. The number of benzene rings is 4. The smallest absolute Gasteiger partial charge is 0.159 e. The molecule has 0 aliphatic rings. The normalized spacial score (nSPS) is 11.4. The zero-order chi connectivity index (χ0) is 14.9. The minimum absolute atomic E-state index is 1.26. The molecule has 0 N–H and O–H groups in total. The number of rotatable bonds is 2. The lowest BCUT2D eigenvalue weighted by Gasteiger charge is -2.11. The molecular formula is C20H15ClSi. The van der Waals surface area contributed by atoms with E-state index in [9.17, 15) is 0 Å². The van der Waals surface area contributed by atoms with Crippen molar-refractivity contribution in [2.24, 2.45) is 0 Å². The van der Waals surface area contributed by atoms with Gasteiger partial charge in [0.1, 0.15) is 0 Å². The Morgan fingerprint density at radius 3 is 1.36 bits per heavy atom. The first-order valence-electron chi connectivity index (χ1n) is 7.43. The largest absolute Gasteiger partial charge is 0.202 e. The summed E-state index contributed by atoms with van der Waals surface area (Å²) in [5.74, 6) is 0. The first-order chi connectivity index (χ1) is 10.8. The summed E-state index contributed by atoms with van der Waals surface area (Å²) in [5, 5.41) is 7.61. The molecule has 0 heterocycles. The van der Waals surface area contributed by atoms with Gasteiger partial charge in [0.2, 0.25) is 8.11 Å². The van der Waals surface area contributed by atoms with Crippen molar-refractivity contribution in [3.63, 3.8) is 0 Å². The van der Waals surface area contributed by atoms with Crippen LogP contribution in [0, 0.1) is 0 Å². The Bertz CT molecular complexity index is 882. The van der Waals surface area contributed by atoms with Gasteiger partial charge in [-0.25, -0.2) is 0 Å². The van der Waals surface area contributed by atoms with Crippen molar-refractivity contribution >= 4 is 51.1 Å². The summed E-state index contributed by atoms with van der Waals surface area (Å²) in [6, 6.07) is 30.1. The lowest BCUT2D eigenvalue weighted by Crippen LogP contribution is -2.36. The van der Waals surface area contributed by atoms with Gasteiger partial charge in [0.15, 0.2) is 0 Å². The molecule has 0 unspecified atom stereocenters. The van der Waals surface area contributed by atoms with E-state index in [2.05, 4.69) is 84.9 Å². The molecule has 0 aliphatic carbocycles. The molecule has 0 radical (unpaired) electrons. The van der Waals surface area contributed by atoms with Crippen molar-refractivity contribution < 1.29 is 0 Å². The minimum Gasteiger partial charge on any atom is -0.159 e. The fourth-order valence-electron chi connectivity index (χ4n) is 2.92. The Morgan fingerprint density at radius 1 is 0.500 bits per heavy atom. The number of fused-ring (bicyclic) bond motifs is 2. The van der Waals surface area contributed by atoms with Crippen molar-refractivity contribution in [2.45, 2.75) is 0 Å². The third-order valence-corrected chi connectivity index (χ3v) is 7.53. The monoisotopic (exact) mass is 318 g/mol. The highest BCUT2D eigenvalue weighted by molar-refractivity contribution is 7.21. The van der Waals surface area contributed by atoms with E-state index in [-0.39, 0.29) is 0 Å². The first kappa shape index (κ1) is 13.6. The van der Waals surface area contributed by atoms with Crippen molar-refractivity contribution in [2.75, 3.05) is 0 Å². The van der Waals surface area contributed by atoms with Crippen molar-refractivity contribution in [3.8, 4) is 0 Å². The highest BCUT2D eigenvalue weighted by atomic mass is 35.6. The summed E-state index contributed by atoms with van der Waals surface area (Å²) in [6.07, 6.45) is 0. The highest BCUT2D eigenvalue weighted by Gasteiger charge is 2.14. The van der Waals surface area contributed by atoms with Crippen LogP contribution in [0.1, 0.15) is 0 Å². The van der Waals surface area contributed by atoms with Crippen LogP contribution in [0.5, 0.6) is 0 Å². The van der Waals surface area contributed by atoms with Gasteiger partial charge in [-0.2, -0.15) is 11.1 Å². The Morgan fingerprint density at radius 2 is 0.909 bits per heavy atom. The Kier molecular flexibility index (Phi) is 3.45. The second-order valence-electron chi connectivity index (χ2n) is 5.58. The van der Waals surface area contributed by atoms with Crippen LogP contribution in [0.15, 0.2) is 84.9 Å². The summed E-state index contributed by atoms with van der Waals surface area (Å²) >= 11 is 6.87. The molecule has 0 nitrogen and oxygen atoms in total.